The lowest BCUT2D eigenvalue weighted by Gasteiger charge is -2.06. The SMILES string of the molecule is COCc1ccc(NCCc2ccsc2)cc1. The number of benzene rings is 1. The van der Waals surface area contributed by atoms with Gasteiger partial charge in [-0.15, -0.1) is 0 Å². The Balaban J connectivity index is 1.79. The zero-order chi connectivity index (χ0) is 11.9. The van der Waals surface area contributed by atoms with Crippen LogP contribution in [-0.4, -0.2) is 13.7 Å². The van der Waals surface area contributed by atoms with Crippen LogP contribution in [0.3, 0.4) is 0 Å². The molecule has 1 aromatic heterocycles. The number of ether oxygens (including phenoxy) is 1. The molecular weight excluding hydrogens is 230 g/mol. The molecule has 2 rings (SSSR count). The summed E-state index contributed by atoms with van der Waals surface area (Å²) in [6.07, 6.45) is 1.07. The first-order valence-electron chi connectivity index (χ1n) is 5.71. The molecule has 0 aliphatic carbocycles. The fourth-order valence-electron chi connectivity index (χ4n) is 1.67. The third-order valence-corrected chi connectivity index (χ3v) is 3.32. The van der Waals surface area contributed by atoms with E-state index in [1.807, 2.05) is 0 Å². The average molecular weight is 247 g/mol. The molecule has 1 N–H and O–H groups in total. The molecule has 0 atom stereocenters. The molecule has 2 nitrogen and oxygen atoms in total. The second kappa shape index (κ2) is 6.42. The van der Waals surface area contributed by atoms with E-state index in [2.05, 4.69) is 46.4 Å². The minimum atomic E-state index is 0.676. The van der Waals surface area contributed by atoms with Crippen LogP contribution in [0, 0.1) is 0 Å². The molecule has 0 saturated carbocycles. The Morgan fingerprint density at radius 3 is 2.59 bits per heavy atom. The maximum Gasteiger partial charge on any atom is 0.0713 e. The Bertz CT molecular complexity index is 422. The van der Waals surface area contributed by atoms with E-state index in [4.69, 9.17) is 4.74 Å². The van der Waals surface area contributed by atoms with Crippen LogP contribution in [0.5, 0.6) is 0 Å². The van der Waals surface area contributed by atoms with E-state index in [-0.39, 0.29) is 0 Å². The van der Waals surface area contributed by atoms with E-state index < -0.39 is 0 Å². The van der Waals surface area contributed by atoms with Crippen molar-refractivity contribution >= 4 is 17.0 Å². The quantitative estimate of drug-likeness (QED) is 0.843. The van der Waals surface area contributed by atoms with Gasteiger partial charge in [-0.05, 0) is 46.5 Å². The van der Waals surface area contributed by atoms with Crippen LogP contribution in [0.15, 0.2) is 41.1 Å². The molecule has 0 unspecified atom stereocenters. The summed E-state index contributed by atoms with van der Waals surface area (Å²) in [6, 6.07) is 10.6. The van der Waals surface area contributed by atoms with Crippen molar-refractivity contribution in [2.24, 2.45) is 0 Å². The van der Waals surface area contributed by atoms with Crippen molar-refractivity contribution in [3.63, 3.8) is 0 Å². The van der Waals surface area contributed by atoms with Gasteiger partial charge in [0.1, 0.15) is 0 Å². The molecule has 0 bridgehead atoms. The highest BCUT2D eigenvalue weighted by molar-refractivity contribution is 7.07. The highest BCUT2D eigenvalue weighted by Gasteiger charge is 1.95. The largest absolute Gasteiger partial charge is 0.385 e. The number of rotatable bonds is 6. The smallest absolute Gasteiger partial charge is 0.0713 e. The first-order valence-corrected chi connectivity index (χ1v) is 6.65. The summed E-state index contributed by atoms with van der Waals surface area (Å²) in [5.41, 5.74) is 3.77. The molecule has 0 fully saturated rings. The van der Waals surface area contributed by atoms with Crippen molar-refractivity contribution < 1.29 is 4.74 Å². The maximum absolute atomic E-state index is 5.08. The van der Waals surface area contributed by atoms with E-state index in [0.717, 1.165) is 13.0 Å². The Hall–Kier alpha value is -1.32. The summed E-state index contributed by atoms with van der Waals surface area (Å²) in [5, 5.41) is 7.73. The van der Waals surface area contributed by atoms with Crippen molar-refractivity contribution in [2.45, 2.75) is 13.0 Å². The van der Waals surface area contributed by atoms with Crippen LogP contribution in [0.1, 0.15) is 11.1 Å². The molecule has 3 heteroatoms. The van der Waals surface area contributed by atoms with Crippen LogP contribution in [-0.2, 0) is 17.8 Å². The number of hydrogen-bond donors (Lipinski definition) is 1. The van der Waals surface area contributed by atoms with Gasteiger partial charge in [0.2, 0.25) is 0 Å². The van der Waals surface area contributed by atoms with Gasteiger partial charge in [-0.2, -0.15) is 11.3 Å². The second-order valence-corrected chi connectivity index (χ2v) is 4.72. The summed E-state index contributed by atoms with van der Waals surface area (Å²) in [4.78, 5) is 0. The van der Waals surface area contributed by atoms with Gasteiger partial charge in [-0.3, -0.25) is 0 Å². The summed E-state index contributed by atoms with van der Waals surface area (Å²) in [5.74, 6) is 0. The van der Waals surface area contributed by atoms with Crippen LogP contribution >= 0.6 is 11.3 Å². The van der Waals surface area contributed by atoms with E-state index in [1.165, 1.54) is 16.8 Å². The molecule has 0 aliphatic heterocycles. The lowest BCUT2D eigenvalue weighted by molar-refractivity contribution is 0.185. The normalized spacial score (nSPS) is 10.4. The lowest BCUT2D eigenvalue weighted by atomic mass is 10.2. The molecule has 0 aliphatic rings. The zero-order valence-electron chi connectivity index (χ0n) is 9.98. The molecule has 17 heavy (non-hydrogen) atoms. The molecule has 0 radical (unpaired) electrons. The molecule has 0 amide bonds. The first-order chi connectivity index (χ1) is 8.38. The molecule has 0 spiro atoms. The number of methoxy groups -OCH3 is 1. The lowest BCUT2D eigenvalue weighted by Crippen LogP contribution is -2.04. The van der Waals surface area contributed by atoms with Gasteiger partial charge >= 0.3 is 0 Å². The fraction of sp³-hybridized carbons (Fsp3) is 0.286. The zero-order valence-corrected chi connectivity index (χ0v) is 10.8. The van der Waals surface area contributed by atoms with E-state index in [9.17, 15) is 0 Å². The van der Waals surface area contributed by atoms with E-state index in [0.29, 0.717) is 6.61 Å². The van der Waals surface area contributed by atoms with Crippen molar-refractivity contribution in [3.8, 4) is 0 Å². The Morgan fingerprint density at radius 1 is 1.12 bits per heavy atom. The number of thiophene rings is 1. The summed E-state index contributed by atoms with van der Waals surface area (Å²) < 4.78 is 5.08. The third-order valence-electron chi connectivity index (χ3n) is 2.59. The van der Waals surface area contributed by atoms with Crippen LogP contribution < -0.4 is 5.32 Å². The second-order valence-electron chi connectivity index (χ2n) is 3.94. The topological polar surface area (TPSA) is 21.3 Å². The van der Waals surface area contributed by atoms with Gasteiger partial charge in [-0.1, -0.05) is 12.1 Å². The summed E-state index contributed by atoms with van der Waals surface area (Å²) >= 11 is 1.75. The fourth-order valence-corrected chi connectivity index (χ4v) is 2.37. The standard InChI is InChI=1S/C14H17NOS/c1-16-10-12-2-4-14(5-3-12)15-8-6-13-7-9-17-11-13/h2-5,7,9,11,15H,6,8,10H2,1H3. The Morgan fingerprint density at radius 2 is 1.94 bits per heavy atom. The van der Waals surface area contributed by atoms with Gasteiger partial charge in [0.25, 0.3) is 0 Å². The van der Waals surface area contributed by atoms with Crippen molar-refractivity contribution in [1.29, 1.82) is 0 Å². The van der Waals surface area contributed by atoms with Gasteiger partial charge in [0.05, 0.1) is 6.61 Å². The number of nitrogens with one attached hydrogen (secondary N) is 1. The molecular formula is C14H17NOS. The number of anilines is 1. The van der Waals surface area contributed by atoms with Gasteiger partial charge in [-0.25, -0.2) is 0 Å². The average Bonchev–Trinajstić information content (AvgIpc) is 2.85. The molecule has 1 heterocycles. The highest BCUT2D eigenvalue weighted by atomic mass is 32.1. The van der Waals surface area contributed by atoms with Gasteiger partial charge in [0.15, 0.2) is 0 Å². The van der Waals surface area contributed by atoms with Crippen LogP contribution in [0.2, 0.25) is 0 Å². The summed E-state index contributed by atoms with van der Waals surface area (Å²) in [6.45, 7) is 1.65. The minimum absolute atomic E-state index is 0.676. The van der Waals surface area contributed by atoms with Gasteiger partial charge in [0, 0.05) is 19.3 Å². The maximum atomic E-state index is 5.08. The summed E-state index contributed by atoms with van der Waals surface area (Å²) in [7, 11) is 1.72. The predicted octanol–water partition coefficient (Wildman–Crippen LogP) is 3.55. The number of hydrogen-bond acceptors (Lipinski definition) is 3. The van der Waals surface area contributed by atoms with Crippen LogP contribution in [0.4, 0.5) is 5.69 Å². The first kappa shape index (κ1) is 12.1. The minimum Gasteiger partial charge on any atom is -0.385 e. The Labute approximate surface area is 106 Å². The monoisotopic (exact) mass is 247 g/mol. The van der Waals surface area contributed by atoms with E-state index in [1.54, 1.807) is 18.4 Å². The van der Waals surface area contributed by atoms with Crippen LogP contribution in [0.25, 0.3) is 0 Å². The van der Waals surface area contributed by atoms with Crippen molar-refractivity contribution in [1.82, 2.24) is 0 Å². The van der Waals surface area contributed by atoms with E-state index >= 15 is 0 Å². The van der Waals surface area contributed by atoms with Crippen molar-refractivity contribution in [2.75, 3.05) is 19.0 Å². The Kier molecular flexibility index (Phi) is 4.59. The molecule has 1 aromatic carbocycles. The predicted molar refractivity (Wildman–Crippen MR) is 73.7 cm³/mol. The van der Waals surface area contributed by atoms with Crippen molar-refractivity contribution in [3.05, 3.63) is 52.2 Å². The van der Waals surface area contributed by atoms with Gasteiger partial charge < -0.3 is 10.1 Å². The molecule has 2 aromatic rings. The molecule has 0 saturated heterocycles. The third kappa shape index (κ3) is 3.88. The molecule has 90 valence electrons. The highest BCUT2D eigenvalue weighted by Crippen LogP contribution is 2.11.